The van der Waals surface area contributed by atoms with E-state index in [9.17, 15) is 4.79 Å². The van der Waals surface area contributed by atoms with Crippen LogP contribution in [0.1, 0.15) is 22.2 Å². The van der Waals surface area contributed by atoms with Crippen LogP contribution in [0.15, 0.2) is 78.4 Å². The van der Waals surface area contributed by atoms with Crippen LogP contribution in [0.25, 0.3) is 16.8 Å². The van der Waals surface area contributed by atoms with Crippen LogP contribution < -0.4 is 10.1 Å². The van der Waals surface area contributed by atoms with Crippen molar-refractivity contribution in [1.29, 1.82) is 0 Å². The Bertz CT molecular complexity index is 1100. The summed E-state index contributed by atoms with van der Waals surface area (Å²) in [6.07, 6.45) is 3.93. The van der Waals surface area contributed by atoms with Crippen molar-refractivity contribution < 1.29 is 9.53 Å². The van der Waals surface area contributed by atoms with Crippen LogP contribution in [0.3, 0.4) is 0 Å². The van der Waals surface area contributed by atoms with Gasteiger partial charge >= 0.3 is 0 Å². The smallest absolute Gasteiger partial charge is 0.267 e. The molecule has 0 atom stereocenters. The Hall–Kier alpha value is -3.31. The quantitative estimate of drug-likeness (QED) is 0.419. The largest absolute Gasteiger partial charge is 0.494 e. The summed E-state index contributed by atoms with van der Waals surface area (Å²) in [5, 5.41) is 5.06. The molecule has 0 spiro atoms. The van der Waals surface area contributed by atoms with E-state index in [0.29, 0.717) is 11.5 Å². The SMILES string of the molecule is CCOc1ccc(NC(=O)c2scc(-c3ccc(C)cc3)c2-n2cccc2)cc1. The highest BCUT2D eigenvalue weighted by Crippen LogP contribution is 2.35. The van der Waals surface area contributed by atoms with E-state index >= 15 is 0 Å². The lowest BCUT2D eigenvalue weighted by Crippen LogP contribution is -2.13. The number of carbonyl (C=O) groups is 1. The highest BCUT2D eigenvalue weighted by atomic mass is 32.1. The predicted octanol–water partition coefficient (Wildman–Crippen LogP) is 6.17. The molecule has 4 rings (SSSR count). The zero-order chi connectivity index (χ0) is 20.2. The van der Waals surface area contributed by atoms with E-state index in [1.54, 1.807) is 0 Å². The van der Waals surface area contributed by atoms with Gasteiger partial charge in [-0.3, -0.25) is 4.79 Å². The molecule has 0 saturated heterocycles. The molecule has 4 aromatic rings. The number of nitrogens with zero attached hydrogens (tertiary/aromatic N) is 1. The molecule has 2 aromatic carbocycles. The summed E-state index contributed by atoms with van der Waals surface area (Å²) < 4.78 is 7.46. The predicted molar refractivity (Wildman–Crippen MR) is 119 cm³/mol. The van der Waals surface area contributed by atoms with Gasteiger partial charge in [0.15, 0.2) is 0 Å². The molecule has 0 aliphatic heterocycles. The number of benzene rings is 2. The Morgan fingerprint density at radius 1 is 1.03 bits per heavy atom. The molecule has 5 heteroatoms. The molecule has 0 fully saturated rings. The number of thiophene rings is 1. The lowest BCUT2D eigenvalue weighted by atomic mass is 10.0. The highest BCUT2D eigenvalue weighted by Gasteiger charge is 2.20. The van der Waals surface area contributed by atoms with Crippen molar-refractivity contribution in [3.63, 3.8) is 0 Å². The fraction of sp³-hybridized carbons (Fsp3) is 0.125. The molecule has 29 heavy (non-hydrogen) atoms. The van der Waals surface area contributed by atoms with Gasteiger partial charge < -0.3 is 14.6 Å². The van der Waals surface area contributed by atoms with Crippen LogP contribution in [-0.2, 0) is 0 Å². The molecule has 0 saturated carbocycles. The molecule has 2 heterocycles. The molecule has 0 radical (unpaired) electrons. The van der Waals surface area contributed by atoms with Crippen molar-refractivity contribution in [3.05, 3.63) is 88.9 Å². The van der Waals surface area contributed by atoms with Crippen LogP contribution in [0.2, 0.25) is 0 Å². The highest BCUT2D eigenvalue weighted by molar-refractivity contribution is 7.13. The first-order chi connectivity index (χ1) is 14.2. The topological polar surface area (TPSA) is 43.3 Å². The third kappa shape index (κ3) is 4.10. The summed E-state index contributed by atoms with van der Waals surface area (Å²) in [6, 6.07) is 19.7. The van der Waals surface area contributed by atoms with Gasteiger partial charge in [0, 0.05) is 29.0 Å². The second-order valence-electron chi connectivity index (χ2n) is 6.69. The summed E-state index contributed by atoms with van der Waals surface area (Å²) in [5.41, 5.74) is 4.98. The minimum Gasteiger partial charge on any atom is -0.494 e. The first-order valence-corrected chi connectivity index (χ1v) is 10.4. The Kier molecular flexibility index (Phi) is 5.49. The number of hydrogen-bond acceptors (Lipinski definition) is 3. The Morgan fingerprint density at radius 2 is 1.72 bits per heavy atom. The standard InChI is InChI=1S/C24H22N2O2S/c1-3-28-20-12-10-19(11-13-20)25-24(27)23-22(26-14-4-5-15-26)21(16-29-23)18-8-6-17(2)7-9-18/h4-16H,3H2,1-2H3,(H,25,27). The summed E-state index contributed by atoms with van der Waals surface area (Å²) in [5.74, 6) is 0.664. The van der Waals surface area contributed by atoms with Gasteiger partial charge in [0.25, 0.3) is 5.91 Å². The normalized spacial score (nSPS) is 10.7. The average Bonchev–Trinajstić information content (AvgIpc) is 3.40. The molecule has 0 aliphatic rings. The zero-order valence-electron chi connectivity index (χ0n) is 16.4. The lowest BCUT2D eigenvalue weighted by Gasteiger charge is -2.11. The summed E-state index contributed by atoms with van der Waals surface area (Å²) >= 11 is 1.45. The number of nitrogens with one attached hydrogen (secondary N) is 1. The van der Waals surface area contributed by atoms with Gasteiger partial charge in [-0.2, -0.15) is 0 Å². The molecule has 0 aliphatic carbocycles. The van der Waals surface area contributed by atoms with Gasteiger partial charge in [-0.25, -0.2) is 0 Å². The Morgan fingerprint density at radius 3 is 2.38 bits per heavy atom. The minimum atomic E-state index is -0.124. The molecule has 1 amide bonds. The van der Waals surface area contributed by atoms with Gasteiger partial charge in [-0.05, 0) is 55.8 Å². The first kappa shape index (κ1) is 19.0. The average molecular weight is 403 g/mol. The summed E-state index contributed by atoms with van der Waals surface area (Å²) in [4.78, 5) is 13.8. The lowest BCUT2D eigenvalue weighted by molar-refractivity contribution is 0.103. The molecule has 4 nitrogen and oxygen atoms in total. The van der Waals surface area contributed by atoms with E-state index in [-0.39, 0.29) is 5.91 Å². The molecule has 1 N–H and O–H groups in total. The van der Waals surface area contributed by atoms with E-state index in [1.165, 1.54) is 16.9 Å². The Balaban J connectivity index is 1.68. The monoisotopic (exact) mass is 402 g/mol. The van der Waals surface area contributed by atoms with Crippen molar-refractivity contribution in [3.8, 4) is 22.6 Å². The molecular formula is C24H22N2O2S. The number of aromatic nitrogens is 1. The maximum Gasteiger partial charge on any atom is 0.267 e. The summed E-state index contributed by atoms with van der Waals surface area (Å²) in [6.45, 7) is 4.63. The number of hydrogen-bond donors (Lipinski definition) is 1. The molecular weight excluding hydrogens is 380 g/mol. The molecule has 146 valence electrons. The van der Waals surface area contributed by atoms with Crippen molar-refractivity contribution in [1.82, 2.24) is 4.57 Å². The first-order valence-electron chi connectivity index (χ1n) is 9.52. The molecule has 0 bridgehead atoms. The van der Waals surface area contributed by atoms with Gasteiger partial charge in [-0.15, -0.1) is 11.3 Å². The number of rotatable bonds is 6. The van der Waals surface area contributed by atoms with Gasteiger partial charge in [0.05, 0.1) is 12.3 Å². The van der Waals surface area contributed by atoms with Crippen LogP contribution in [0.5, 0.6) is 5.75 Å². The van der Waals surface area contributed by atoms with Crippen LogP contribution >= 0.6 is 11.3 Å². The minimum absolute atomic E-state index is 0.124. The fourth-order valence-electron chi connectivity index (χ4n) is 3.18. The zero-order valence-corrected chi connectivity index (χ0v) is 17.2. The molecule has 0 unspecified atom stereocenters. The van der Waals surface area contributed by atoms with Crippen molar-refractivity contribution in [2.45, 2.75) is 13.8 Å². The number of ether oxygens (including phenoxy) is 1. The number of anilines is 1. The van der Waals surface area contributed by atoms with Crippen molar-refractivity contribution >= 4 is 22.9 Å². The summed E-state index contributed by atoms with van der Waals surface area (Å²) in [7, 11) is 0. The number of carbonyl (C=O) groups excluding carboxylic acids is 1. The van der Waals surface area contributed by atoms with E-state index in [1.807, 2.05) is 65.7 Å². The van der Waals surface area contributed by atoms with E-state index in [2.05, 4.69) is 36.5 Å². The maximum absolute atomic E-state index is 13.1. The van der Waals surface area contributed by atoms with Crippen LogP contribution in [0.4, 0.5) is 5.69 Å². The van der Waals surface area contributed by atoms with Crippen molar-refractivity contribution in [2.24, 2.45) is 0 Å². The van der Waals surface area contributed by atoms with E-state index in [0.717, 1.165) is 28.3 Å². The third-order valence-electron chi connectivity index (χ3n) is 4.62. The van der Waals surface area contributed by atoms with E-state index < -0.39 is 0 Å². The molecule has 2 aromatic heterocycles. The van der Waals surface area contributed by atoms with Gasteiger partial charge in [-0.1, -0.05) is 29.8 Å². The van der Waals surface area contributed by atoms with Crippen LogP contribution in [0, 0.1) is 6.92 Å². The van der Waals surface area contributed by atoms with Gasteiger partial charge in [0.1, 0.15) is 10.6 Å². The van der Waals surface area contributed by atoms with Crippen molar-refractivity contribution in [2.75, 3.05) is 11.9 Å². The second-order valence-corrected chi connectivity index (χ2v) is 7.57. The third-order valence-corrected chi connectivity index (χ3v) is 5.59. The second kappa shape index (κ2) is 8.37. The maximum atomic E-state index is 13.1. The number of aryl methyl sites for hydroxylation is 1. The fourth-order valence-corrected chi connectivity index (χ4v) is 4.15. The Labute approximate surface area is 174 Å². The number of amides is 1. The van der Waals surface area contributed by atoms with Gasteiger partial charge in [0.2, 0.25) is 0 Å². The van der Waals surface area contributed by atoms with Crippen LogP contribution in [-0.4, -0.2) is 17.1 Å². The van der Waals surface area contributed by atoms with E-state index in [4.69, 9.17) is 4.74 Å².